The molecule has 0 fully saturated rings. The van der Waals surface area contributed by atoms with Crippen molar-refractivity contribution in [3.8, 4) is 11.6 Å². The van der Waals surface area contributed by atoms with E-state index in [1.54, 1.807) is 22.8 Å². The van der Waals surface area contributed by atoms with Crippen LogP contribution in [0.25, 0.3) is 16.9 Å². The molecule has 0 radical (unpaired) electrons. The van der Waals surface area contributed by atoms with E-state index >= 15 is 0 Å². The molecule has 0 aliphatic carbocycles. The summed E-state index contributed by atoms with van der Waals surface area (Å²) >= 11 is 0. The Morgan fingerprint density at radius 3 is 2.52 bits per heavy atom. The van der Waals surface area contributed by atoms with Gasteiger partial charge < -0.3 is 10.1 Å². The quantitative estimate of drug-likeness (QED) is 0.527. The summed E-state index contributed by atoms with van der Waals surface area (Å²) in [6, 6.07) is 8.88. The number of nitrogens with zero attached hydrogens (tertiary/aromatic N) is 4. The number of methoxy groups -OCH3 is 1. The number of ether oxygens (including phenoxy) is 1. The lowest BCUT2D eigenvalue weighted by molar-refractivity contribution is 0.415. The Balaban J connectivity index is 1.62. The van der Waals surface area contributed by atoms with Gasteiger partial charge >= 0.3 is 0 Å². The van der Waals surface area contributed by atoms with E-state index in [0.717, 1.165) is 0 Å². The molecule has 0 saturated heterocycles. The summed E-state index contributed by atoms with van der Waals surface area (Å²) < 4.78 is 47.7. The standard InChI is InChI=1S/C20H16F3N5O/c1-29-12-5-6-16-17(7-12)28(19(8-21)27-16)20-11-25-18(10-26-20)24-9-13-14(22)3-2-4-15(13)23/h2-7,10-11H,8-9H2,1H3,(H,24,25). The third-order valence-electron chi connectivity index (χ3n) is 4.43. The minimum atomic E-state index is -0.786. The normalized spacial score (nSPS) is 11.0. The molecule has 0 aliphatic heterocycles. The average molecular weight is 399 g/mol. The Hall–Kier alpha value is -3.62. The van der Waals surface area contributed by atoms with Gasteiger partial charge in [-0.15, -0.1) is 0 Å². The molecule has 0 aliphatic rings. The first-order valence-corrected chi connectivity index (χ1v) is 8.71. The van der Waals surface area contributed by atoms with E-state index in [9.17, 15) is 13.2 Å². The van der Waals surface area contributed by atoms with Crippen LogP contribution < -0.4 is 10.1 Å². The minimum Gasteiger partial charge on any atom is -0.497 e. The van der Waals surface area contributed by atoms with Gasteiger partial charge in [-0.25, -0.2) is 28.1 Å². The molecule has 9 heteroatoms. The second-order valence-electron chi connectivity index (χ2n) is 6.17. The molecular formula is C20H16F3N5O. The molecule has 0 spiro atoms. The zero-order valence-corrected chi connectivity index (χ0v) is 15.4. The van der Waals surface area contributed by atoms with Crippen LogP contribution in [0, 0.1) is 11.6 Å². The van der Waals surface area contributed by atoms with Crippen molar-refractivity contribution in [3.63, 3.8) is 0 Å². The largest absolute Gasteiger partial charge is 0.497 e. The molecule has 29 heavy (non-hydrogen) atoms. The van der Waals surface area contributed by atoms with Crippen LogP contribution in [0.4, 0.5) is 19.0 Å². The van der Waals surface area contributed by atoms with Gasteiger partial charge in [-0.1, -0.05) is 6.07 Å². The van der Waals surface area contributed by atoms with Gasteiger partial charge in [0.1, 0.15) is 35.7 Å². The Morgan fingerprint density at radius 1 is 1.07 bits per heavy atom. The fourth-order valence-corrected chi connectivity index (χ4v) is 2.99. The Morgan fingerprint density at radius 2 is 1.86 bits per heavy atom. The number of rotatable bonds is 6. The first-order valence-electron chi connectivity index (χ1n) is 8.71. The Bertz CT molecular complexity index is 1140. The second kappa shape index (κ2) is 7.78. The lowest BCUT2D eigenvalue weighted by Gasteiger charge is -2.10. The summed E-state index contributed by atoms with van der Waals surface area (Å²) in [5.74, 6) is 0.164. The number of nitrogens with one attached hydrogen (secondary N) is 1. The number of hydrogen-bond donors (Lipinski definition) is 1. The van der Waals surface area contributed by atoms with E-state index in [-0.39, 0.29) is 17.9 Å². The molecule has 2 heterocycles. The molecule has 4 rings (SSSR count). The first kappa shape index (κ1) is 18.7. The fourth-order valence-electron chi connectivity index (χ4n) is 2.99. The van der Waals surface area contributed by atoms with Gasteiger partial charge in [0.15, 0.2) is 5.82 Å². The van der Waals surface area contributed by atoms with E-state index in [1.165, 1.54) is 37.7 Å². The summed E-state index contributed by atoms with van der Waals surface area (Å²) in [7, 11) is 1.54. The van der Waals surface area contributed by atoms with E-state index in [1.807, 2.05) is 0 Å². The fraction of sp³-hybridized carbons (Fsp3) is 0.150. The van der Waals surface area contributed by atoms with Crippen LogP contribution in [-0.4, -0.2) is 26.6 Å². The van der Waals surface area contributed by atoms with Crippen LogP contribution in [-0.2, 0) is 13.2 Å². The van der Waals surface area contributed by atoms with Crippen LogP contribution in [0.2, 0.25) is 0 Å². The first-order chi connectivity index (χ1) is 14.1. The van der Waals surface area contributed by atoms with Crippen LogP contribution in [0.5, 0.6) is 5.75 Å². The lowest BCUT2D eigenvalue weighted by Crippen LogP contribution is -2.08. The van der Waals surface area contributed by atoms with Gasteiger partial charge in [0.05, 0.1) is 30.5 Å². The highest BCUT2D eigenvalue weighted by Crippen LogP contribution is 2.25. The van der Waals surface area contributed by atoms with E-state index in [0.29, 0.717) is 28.4 Å². The monoisotopic (exact) mass is 399 g/mol. The van der Waals surface area contributed by atoms with Gasteiger partial charge in [0.2, 0.25) is 0 Å². The van der Waals surface area contributed by atoms with Gasteiger partial charge in [0.25, 0.3) is 0 Å². The molecule has 1 N–H and O–H groups in total. The highest BCUT2D eigenvalue weighted by atomic mass is 19.1. The third kappa shape index (κ3) is 3.58. The number of aromatic nitrogens is 4. The van der Waals surface area contributed by atoms with Gasteiger partial charge in [-0.3, -0.25) is 4.57 Å². The summed E-state index contributed by atoms with van der Waals surface area (Å²) in [6.07, 6.45) is 2.84. The molecule has 148 valence electrons. The van der Waals surface area contributed by atoms with E-state index < -0.39 is 18.3 Å². The van der Waals surface area contributed by atoms with Crippen molar-refractivity contribution in [2.24, 2.45) is 0 Å². The smallest absolute Gasteiger partial charge is 0.157 e. The highest BCUT2D eigenvalue weighted by molar-refractivity contribution is 5.79. The maximum Gasteiger partial charge on any atom is 0.157 e. The van der Waals surface area contributed by atoms with Crippen molar-refractivity contribution in [1.82, 2.24) is 19.5 Å². The van der Waals surface area contributed by atoms with Gasteiger partial charge in [0, 0.05) is 18.2 Å². The maximum atomic E-state index is 13.7. The molecule has 2 aromatic heterocycles. The summed E-state index contributed by atoms with van der Waals surface area (Å²) in [5.41, 5.74) is 1.13. The van der Waals surface area contributed by atoms with Gasteiger partial charge in [-0.05, 0) is 24.3 Å². The number of halogens is 3. The zero-order valence-electron chi connectivity index (χ0n) is 15.4. The van der Waals surface area contributed by atoms with Crippen LogP contribution in [0.3, 0.4) is 0 Å². The van der Waals surface area contributed by atoms with Crippen LogP contribution in [0.15, 0.2) is 48.8 Å². The number of hydrogen-bond acceptors (Lipinski definition) is 5. The topological polar surface area (TPSA) is 64.9 Å². The van der Waals surface area contributed by atoms with Crippen LogP contribution in [0.1, 0.15) is 11.4 Å². The number of alkyl halides is 1. The molecule has 0 saturated carbocycles. The van der Waals surface area contributed by atoms with Crippen molar-refractivity contribution in [2.75, 3.05) is 12.4 Å². The Labute approximate surface area is 164 Å². The number of benzene rings is 2. The summed E-state index contributed by atoms with van der Waals surface area (Å²) in [6.45, 7) is -0.876. The molecule has 0 amide bonds. The third-order valence-corrected chi connectivity index (χ3v) is 4.43. The van der Waals surface area contributed by atoms with Crippen molar-refractivity contribution in [1.29, 1.82) is 0 Å². The number of fused-ring (bicyclic) bond motifs is 1. The zero-order chi connectivity index (χ0) is 20.4. The molecule has 0 bridgehead atoms. The second-order valence-corrected chi connectivity index (χ2v) is 6.17. The predicted molar refractivity (Wildman–Crippen MR) is 102 cm³/mol. The van der Waals surface area contributed by atoms with Crippen molar-refractivity contribution in [2.45, 2.75) is 13.2 Å². The van der Waals surface area contributed by atoms with Crippen molar-refractivity contribution < 1.29 is 17.9 Å². The lowest BCUT2D eigenvalue weighted by atomic mass is 10.2. The maximum absolute atomic E-state index is 13.7. The van der Waals surface area contributed by atoms with Crippen molar-refractivity contribution in [3.05, 3.63) is 71.8 Å². The molecule has 0 unspecified atom stereocenters. The van der Waals surface area contributed by atoms with E-state index in [2.05, 4.69) is 20.3 Å². The molecule has 6 nitrogen and oxygen atoms in total. The Kier molecular flexibility index (Phi) is 5.03. The molecule has 2 aromatic carbocycles. The van der Waals surface area contributed by atoms with E-state index in [4.69, 9.17) is 4.74 Å². The molecule has 4 aromatic rings. The van der Waals surface area contributed by atoms with Crippen molar-refractivity contribution >= 4 is 16.9 Å². The van der Waals surface area contributed by atoms with Gasteiger partial charge in [-0.2, -0.15) is 0 Å². The summed E-state index contributed by atoms with van der Waals surface area (Å²) in [4.78, 5) is 12.8. The molecule has 0 atom stereocenters. The SMILES string of the molecule is COc1ccc2nc(CF)n(-c3cnc(NCc4c(F)cccc4F)cn3)c2c1. The number of imidazole rings is 1. The molecular weight excluding hydrogens is 383 g/mol. The predicted octanol–water partition coefficient (Wildman–Crippen LogP) is 4.18. The minimum absolute atomic E-state index is 0.0898. The number of anilines is 1. The average Bonchev–Trinajstić information content (AvgIpc) is 3.11. The summed E-state index contributed by atoms with van der Waals surface area (Å²) in [5, 5.41) is 2.83. The highest BCUT2D eigenvalue weighted by Gasteiger charge is 2.15. The van der Waals surface area contributed by atoms with Crippen LogP contribution >= 0.6 is 0 Å².